The van der Waals surface area contributed by atoms with Crippen LogP contribution in [0, 0.1) is 5.92 Å². The lowest BCUT2D eigenvalue weighted by Crippen LogP contribution is -2.42. The van der Waals surface area contributed by atoms with Crippen LogP contribution in [0.15, 0.2) is 30.3 Å². The molecular formula is C17H24N2O. The normalized spacial score (nSPS) is 20.8. The molecule has 0 bridgehead atoms. The number of hydrogen-bond acceptors (Lipinski definition) is 2. The SMILES string of the molecule is O=C(CN1CCC(Cc2ccccc2)CC1)NC1CC1. The molecule has 1 aromatic rings. The molecule has 2 fully saturated rings. The van der Waals surface area contributed by atoms with E-state index < -0.39 is 0 Å². The molecule has 3 nitrogen and oxygen atoms in total. The summed E-state index contributed by atoms with van der Waals surface area (Å²) >= 11 is 0. The Morgan fingerprint density at radius 3 is 2.45 bits per heavy atom. The molecule has 1 saturated carbocycles. The number of nitrogens with one attached hydrogen (secondary N) is 1. The van der Waals surface area contributed by atoms with Crippen molar-refractivity contribution in [2.45, 2.75) is 38.1 Å². The summed E-state index contributed by atoms with van der Waals surface area (Å²) < 4.78 is 0. The van der Waals surface area contributed by atoms with E-state index in [1.165, 1.54) is 37.7 Å². The molecule has 1 aromatic carbocycles. The molecule has 1 amide bonds. The minimum absolute atomic E-state index is 0.217. The average molecular weight is 272 g/mol. The quantitative estimate of drug-likeness (QED) is 0.891. The lowest BCUT2D eigenvalue weighted by Gasteiger charge is -2.31. The van der Waals surface area contributed by atoms with E-state index in [1.807, 2.05) is 0 Å². The average Bonchev–Trinajstić information content (AvgIpc) is 3.26. The van der Waals surface area contributed by atoms with Gasteiger partial charge in [0, 0.05) is 6.04 Å². The zero-order chi connectivity index (χ0) is 13.8. The third kappa shape index (κ3) is 4.07. The standard InChI is InChI=1S/C17H24N2O/c20-17(18-16-6-7-16)13-19-10-8-15(9-11-19)12-14-4-2-1-3-5-14/h1-5,15-16H,6-13H2,(H,18,20). The molecular weight excluding hydrogens is 248 g/mol. The van der Waals surface area contributed by atoms with Crippen LogP contribution in [0.25, 0.3) is 0 Å². The minimum atomic E-state index is 0.217. The van der Waals surface area contributed by atoms with Crippen LogP contribution in [0.1, 0.15) is 31.2 Å². The molecule has 1 heterocycles. The second kappa shape index (κ2) is 6.40. The monoisotopic (exact) mass is 272 g/mol. The van der Waals surface area contributed by atoms with Crippen LogP contribution >= 0.6 is 0 Å². The number of nitrogens with zero attached hydrogens (tertiary/aromatic N) is 1. The smallest absolute Gasteiger partial charge is 0.234 e. The van der Waals surface area contributed by atoms with Gasteiger partial charge < -0.3 is 5.32 Å². The van der Waals surface area contributed by atoms with Crippen molar-refractivity contribution in [1.29, 1.82) is 0 Å². The van der Waals surface area contributed by atoms with Crippen molar-refractivity contribution in [1.82, 2.24) is 10.2 Å². The van der Waals surface area contributed by atoms with E-state index in [0.717, 1.165) is 19.0 Å². The Morgan fingerprint density at radius 2 is 1.80 bits per heavy atom. The number of amides is 1. The first-order chi connectivity index (χ1) is 9.79. The molecule has 20 heavy (non-hydrogen) atoms. The Morgan fingerprint density at radius 1 is 1.10 bits per heavy atom. The molecule has 1 aliphatic heterocycles. The first kappa shape index (κ1) is 13.6. The van der Waals surface area contributed by atoms with Gasteiger partial charge >= 0.3 is 0 Å². The van der Waals surface area contributed by atoms with Gasteiger partial charge in [-0.3, -0.25) is 9.69 Å². The highest BCUT2D eigenvalue weighted by atomic mass is 16.2. The summed E-state index contributed by atoms with van der Waals surface area (Å²) in [6.45, 7) is 2.72. The predicted molar refractivity (Wildman–Crippen MR) is 80.5 cm³/mol. The highest BCUT2D eigenvalue weighted by Crippen LogP contribution is 2.22. The van der Waals surface area contributed by atoms with Crippen molar-refractivity contribution in [2.75, 3.05) is 19.6 Å². The van der Waals surface area contributed by atoms with E-state index in [2.05, 4.69) is 40.5 Å². The van der Waals surface area contributed by atoms with E-state index in [-0.39, 0.29) is 5.91 Å². The number of hydrogen-bond donors (Lipinski definition) is 1. The highest BCUT2D eigenvalue weighted by molar-refractivity contribution is 5.78. The third-order valence-corrected chi connectivity index (χ3v) is 4.38. The van der Waals surface area contributed by atoms with Crippen LogP contribution in [0.2, 0.25) is 0 Å². The predicted octanol–water partition coefficient (Wildman–Crippen LogP) is 2.22. The molecule has 0 spiro atoms. The number of carbonyl (C=O) groups excluding carboxylic acids is 1. The van der Waals surface area contributed by atoms with Crippen LogP contribution in [-0.2, 0) is 11.2 Å². The van der Waals surface area contributed by atoms with E-state index in [9.17, 15) is 4.79 Å². The molecule has 0 aromatic heterocycles. The molecule has 0 radical (unpaired) electrons. The fraction of sp³-hybridized carbons (Fsp3) is 0.588. The Hall–Kier alpha value is -1.35. The Labute approximate surface area is 121 Å². The number of likely N-dealkylation sites (tertiary alicyclic amines) is 1. The van der Waals surface area contributed by atoms with Gasteiger partial charge in [0.25, 0.3) is 0 Å². The molecule has 0 atom stereocenters. The summed E-state index contributed by atoms with van der Waals surface area (Å²) in [6.07, 6.45) is 5.95. The first-order valence-electron chi connectivity index (χ1n) is 7.85. The van der Waals surface area contributed by atoms with Gasteiger partial charge in [0.15, 0.2) is 0 Å². The lowest BCUT2D eigenvalue weighted by molar-refractivity contribution is -0.122. The highest BCUT2D eigenvalue weighted by Gasteiger charge is 2.25. The van der Waals surface area contributed by atoms with Crippen LogP contribution in [-0.4, -0.2) is 36.5 Å². The fourth-order valence-electron chi connectivity index (χ4n) is 3.00. The van der Waals surface area contributed by atoms with Gasteiger partial charge in [-0.1, -0.05) is 30.3 Å². The molecule has 1 saturated heterocycles. The number of piperidine rings is 1. The Kier molecular flexibility index (Phi) is 4.36. The minimum Gasteiger partial charge on any atom is -0.352 e. The van der Waals surface area contributed by atoms with E-state index >= 15 is 0 Å². The molecule has 1 aliphatic carbocycles. The van der Waals surface area contributed by atoms with Crippen molar-refractivity contribution >= 4 is 5.91 Å². The van der Waals surface area contributed by atoms with Gasteiger partial charge in [0.2, 0.25) is 5.91 Å². The number of benzene rings is 1. The van der Waals surface area contributed by atoms with Gasteiger partial charge in [0.05, 0.1) is 6.54 Å². The van der Waals surface area contributed by atoms with E-state index in [1.54, 1.807) is 0 Å². The van der Waals surface area contributed by atoms with Crippen molar-refractivity contribution in [3.8, 4) is 0 Å². The maximum atomic E-state index is 11.8. The van der Waals surface area contributed by atoms with Crippen LogP contribution in [0.4, 0.5) is 0 Å². The Bertz CT molecular complexity index is 434. The third-order valence-electron chi connectivity index (χ3n) is 4.38. The van der Waals surface area contributed by atoms with Crippen molar-refractivity contribution in [3.63, 3.8) is 0 Å². The maximum absolute atomic E-state index is 11.8. The summed E-state index contributed by atoms with van der Waals surface area (Å²) in [4.78, 5) is 14.1. The van der Waals surface area contributed by atoms with Crippen molar-refractivity contribution in [2.24, 2.45) is 5.92 Å². The number of carbonyl (C=O) groups is 1. The second-order valence-corrected chi connectivity index (χ2v) is 6.25. The summed E-state index contributed by atoms with van der Waals surface area (Å²) in [5.74, 6) is 0.995. The molecule has 3 rings (SSSR count). The summed E-state index contributed by atoms with van der Waals surface area (Å²) in [7, 11) is 0. The van der Waals surface area contributed by atoms with Gasteiger partial charge in [-0.25, -0.2) is 0 Å². The first-order valence-corrected chi connectivity index (χ1v) is 7.85. The molecule has 1 N–H and O–H groups in total. The fourth-order valence-corrected chi connectivity index (χ4v) is 3.00. The van der Waals surface area contributed by atoms with Crippen molar-refractivity contribution in [3.05, 3.63) is 35.9 Å². The van der Waals surface area contributed by atoms with Crippen LogP contribution < -0.4 is 5.32 Å². The molecule has 2 aliphatic rings. The topological polar surface area (TPSA) is 32.3 Å². The largest absolute Gasteiger partial charge is 0.352 e. The zero-order valence-electron chi connectivity index (χ0n) is 12.1. The summed E-state index contributed by atoms with van der Waals surface area (Å²) in [5.41, 5.74) is 1.44. The number of rotatable bonds is 5. The summed E-state index contributed by atoms with van der Waals surface area (Å²) in [5, 5.41) is 3.07. The zero-order valence-corrected chi connectivity index (χ0v) is 12.1. The molecule has 108 valence electrons. The van der Waals surface area contributed by atoms with E-state index in [0.29, 0.717) is 12.6 Å². The van der Waals surface area contributed by atoms with Crippen LogP contribution in [0.3, 0.4) is 0 Å². The molecule has 0 unspecified atom stereocenters. The lowest BCUT2D eigenvalue weighted by atomic mass is 9.90. The summed E-state index contributed by atoms with van der Waals surface area (Å²) in [6, 6.07) is 11.2. The van der Waals surface area contributed by atoms with Gasteiger partial charge in [-0.15, -0.1) is 0 Å². The van der Waals surface area contributed by atoms with E-state index in [4.69, 9.17) is 0 Å². The van der Waals surface area contributed by atoms with Crippen LogP contribution in [0.5, 0.6) is 0 Å². The van der Waals surface area contributed by atoms with Crippen molar-refractivity contribution < 1.29 is 4.79 Å². The van der Waals surface area contributed by atoms with Gasteiger partial charge in [-0.2, -0.15) is 0 Å². The van der Waals surface area contributed by atoms with Gasteiger partial charge in [0.1, 0.15) is 0 Å². The second-order valence-electron chi connectivity index (χ2n) is 6.25. The van der Waals surface area contributed by atoms with Gasteiger partial charge in [-0.05, 0) is 56.7 Å². The molecule has 3 heteroatoms. The Balaban J connectivity index is 1.39. The maximum Gasteiger partial charge on any atom is 0.234 e.